The van der Waals surface area contributed by atoms with Crippen molar-refractivity contribution < 1.29 is 0 Å². The lowest BCUT2D eigenvalue weighted by Crippen LogP contribution is -2.15. The number of rotatable bonds is 2. The Bertz CT molecular complexity index is 544. The molecule has 98 valence electrons. The number of nitrogens with zero attached hydrogens (tertiary/aromatic N) is 2. The Balaban J connectivity index is 1.69. The quantitative estimate of drug-likeness (QED) is 0.850. The van der Waals surface area contributed by atoms with E-state index in [9.17, 15) is 0 Å². The number of benzene rings is 1. The second kappa shape index (κ2) is 5.61. The first kappa shape index (κ1) is 12.5. The molecule has 1 aliphatic rings. The maximum Gasteiger partial charge on any atom is 0.188 e. The SMILES string of the molecule is Cc1ccnc(SC2CCc3ccccc3NC2)n1. The standard InChI is InChI=1S/C15H17N3S/c1-11-8-9-16-15(18-11)19-13-7-6-12-4-2-3-5-14(12)17-10-13/h2-5,8-9,13,17H,6-7,10H2,1H3. The first-order valence-corrected chi connectivity index (χ1v) is 7.47. The minimum absolute atomic E-state index is 0.522. The molecular weight excluding hydrogens is 254 g/mol. The van der Waals surface area contributed by atoms with Crippen LogP contribution in [0.25, 0.3) is 0 Å². The molecule has 0 fully saturated rings. The van der Waals surface area contributed by atoms with Crippen molar-refractivity contribution >= 4 is 17.4 Å². The number of aryl methyl sites for hydroxylation is 2. The molecule has 0 bridgehead atoms. The van der Waals surface area contributed by atoms with Crippen molar-refractivity contribution in [3.8, 4) is 0 Å². The van der Waals surface area contributed by atoms with Crippen LogP contribution in [0.2, 0.25) is 0 Å². The maximum atomic E-state index is 4.47. The lowest BCUT2D eigenvalue weighted by molar-refractivity contribution is 0.795. The first-order chi connectivity index (χ1) is 9.31. The number of thioether (sulfide) groups is 1. The highest BCUT2D eigenvalue weighted by Gasteiger charge is 2.17. The number of hydrogen-bond acceptors (Lipinski definition) is 4. The van der Waals surface area contributed by atoms with E-state index in [-0.39, 0.29) is 0 Å². The van der Waals surface area contributed by atoms with Gasteiger partial charge >= 0.3 is 0 Å². The molecule has 0 spiro atoms. The van der Waals surface area contributed by atoms with E-state index in [1.165, 1.54) is 11.3 Å². The van der Waals surface area contributed by atoms with Gasteiger partial charge in [-0.15, -0.1) is 0 Å². The van der Waals surface area contributed by atoms with Crippen LogP contribution in [0.15, 0.2) is 41.7 Å². The van der Waals surface area contributed by atoms with E-state index < -0.39 is 0 Å². The number of hydrogen-bond donors (Lipinski definition) is 1. The highest BCUT2D eigenvalue weighted by molar-refractivity contribution is 7.99. The van der Waals surface area contributed by atoms with Gasteiger partial charge in [-0.05, 0) is 37.5 Å². The van der Waals surface area contributed by atoms with Gasteiger partial charge in [0.2, 0.25) is 0 Å². The van der Waals surface area contributed by atoms with Crippen molar-refractivity contribution in [2.75, 3.05) is 11.9 Å². The Morgan fingerprint density at radius 3 is 3.05 bits per heavy atom. The van der Waals surface area contributed by atoms with Crippen LogP contribution in [0.4, 0.5) is 5.69 Å². The largest absolute Gasteiger partial charge is 0.384 e. The van der Waals surface area contributed by atoms with Crippen LogP contribution in [0.1, 0.15) is 17.7 Å². The third kappa shape index (κ3) is 3.07. The van der Waals surface area contributed by atoms with Crippen molar-refractivity contribution in [2.45, 2.75) is 30.2 Å². The highest BCUT2D eigenvalue weighted by atomic mass is 32.2. The fourth-order valence-electron chi connectivity index (χ4n) is 2.29. The zero-order chi connectivity index (χ0) is 13.1. The Hall–Kier alpha value is -1.55. The summed E-state index contributed by atoms with van der Waals surface area (Å²) < 4.78 is 0. The number of aromatic nitrogens is 2. The number of para-hydroxylation sites is 1. The van der Waals surface area contributed by atoms with Gasteiger partial charge in [0, 0.05) is 29.4 Å². The Kier molecular flexibility index (Phi) is 3.69. The van der Waals surface area contributed by atoms with E-state index in [1.54, 1.807) is 11.8 Å². The van der Waals surface area contributed by atoms with Gasteiger partial charge in [0.25, 0.3) is 0 Å². The fourth-order valence-corrected chi connectivity index (χ4v) is 3.30. The summed E-state index contributed by atoms with van der Waals surface area (Å²) in [6.07, 6.45) is 4.11. The fraction of sp³-hybridized carbons (Fsp3) is 0.333. The van der Waals surface area contributed by atoms with Gasteiger partial charge in [0.1, 0.15) is 0 Å². The molecule has 1 unspecified atom stereocenters. The van der Waals surface area contributed by atoms with Crippen LogP contribution in [-0.4, -0.2) is 21.8 Å². The van der Waals surface area contributed by atoms with Gasteiger partial charge in [-0.1, -0.05) is 30.0 Å². The van der Waals surface area contributed by atoms with E-state index in [4.69, 9.17) is 0 Å². The van der Waals surface area contributed by atoms with Crippen molar-refractivity contribution in [2.24, 2.45) is 0 Å². The first-order valence-electron chi connectivity index (χ1n) is 6.59. The van der Waals surface area contributed by atoms with Crippen LogP contribution >= 0.6 is 11.8 Å². The number of anilines is 1. The second-order valence-electron chi connectivity index (χ2n) is 4.80. The molecule has 1 aromatic heterocycles. The lowest BCUT2D eigenvalue weighted by Gasteiger charge is -2.13. The molecule has 1 aliphatic heterocycles. The van der Waals surface area contributed by atoms with E-state index in [2.05, 4.69) is 39.6 Å². The molecule has 1 N–H and O–H groups in total. The molecule has 0 saturated carbocycles. The zero-order valence-corrected chi connectivity index (χ0v) is 11.8. The Morgan fingerprint density at radius 1 is 1.26 bits per heavy atom. The van der Waals surface area contributed by atoms with Gasteiger partial charge in [-0.2, -0.15) is 0 Å². The third-order valence-corrected chi connectivity index (χ3v) is 4.46. The Morgan fingerprint density at radius 2 is 2.16 bits per heavy atom. The van der Waals surface area contributed by atoms with Crippen LogP contribution in [0, 0.1) is 6.92 Å². The monoisotopic (exact) mass is 271 g/mol. The molecule has 0 amide bonds. The van der Waals surface area contributed by atoms with E-state index in [1.807, 2.05) is 19.2 Å². The van der Waals surface area contributed by atoms with Gasteiger partial charge in [0.15, 0.2) is 5.16 Å². The van der Waals surface area contributed by atoms with Crippen molar-refractivity contribution in [3.63, 3.8) is 0 Å². The molecule has 4 heteroatoms. The molecule has 1 atom stereocenters. The van der Waals surface area contributed by atoms with Crippen LogP contribution in [-0.2, 0) is 6.42 Å². The Labute approximate surface area is 117 Å². The smallest absolute Gasteiger partial charge is 0.188 e. The van der Waals surface area contributed by atoms with Crippen molar-refractivity contribution in [1.82, 2.24) is 9.97 Å². The average molecular weight is 271 g/mol. The number of nitrogens with one attached hydrogen (secondary N) is 1. The summed E-state index contributed by atoms with van der Waals surface area (Å²) in [4.78, 5) is 8.81. The van der Waals surface area contributed by atoms with E-state index in [0.717, 1.165) is 30.2 Å². The van der Waals surface area contributed by atoms with Crippen LogP contribution in [0.3, 0.4) is 0 Å². The van der Waals surface area contributed by atoms with E-state index >= 15 is 0 Å². The summed E-state index contributed by atoms with van der Waals surface area (Å²) in [6, 6.07) is 10.5. The third-order valence-electron chi connectivity index (χ3n) is 3.32. The molecule has 3 nitrogen and oxygen atoms in total. The van der Waals surface area contributed by atoms with Crippen LogP contribution < -0.4 is 5.32 Å². The zero-order valence-electron chi connectivity index (χ0n) is 11.0. The molecule has 0 aliphatic carbocycles. The minimum Gasteiger partial charge on any atom is -0.384 e. The molecule has 2 aromatic rings. The predicted molar refractivity (Wildman–Crippen MR) is 79.7 cm³/mol. The summed E-state index contributed by atoms with van der Waals surface area (Å²) >= 11 is 1.78. The molecule has 2 heterocycles. The highest BCUT2D eigenvalue weighted by Crippen LogP contribution is 2.28. The van der Waals surface area contributed by atoms with Gasteiger partial charge in [-0.3, -0.25) is 0 Å². The van der Waals surface area contributed by atoms with Gasteiger partial charge in [-0.25, -0.2) is 9.97 Å². The summed E-state index contributed by atoms with van der Waals surface area (Å²) in [5.41, 5.74) is 3.72. The average Bonchev–Trinajstić information content (AvgIpc) is 2.62. The van der Waals surface area contributed by atoms with Crippen LogP contribution in [0.5, 0.6) is 0 Å². The molecule has 0 saturated heterocycles. The predicted octanol–water partition coefficient (Wildman–Crippen LogP) is 3.30. The van der Waals surface area contributed by atoms with Crippen molar-refractivity contribution in [3.05, 3.63) is 47.8 Å². The summed E-state index contributed by atoms with van der Waals surface area (Å²) in [5.74, 6) is 0. The molecular formula is C15H17N3S. The molecule has 19 heavy (non-hydrogen) atoms. The molecule has 3 rings (SSSR count). The minimum atomic E-state index is 0.522. The topological polar surface area (TPSA) is 37.8 Å². The molecule has 0 radical (unpaired) electrons. The van der Waals surface area contributed by atoms with Gasteiger partial charge < -0.3 is 5.32 Å². The maximum absolute atomic E-state index is 4.47. The van der Waals surface area contributed by atoms with Gasteiger partial charge in [0.05, 0.1) is 0 Å². The normalized spacial score (nSPS) is 18.3. The van der Waals surface area contributed by atoms with E-state index in [0.29, 0.717) is 5.25 Å². The summed E-state index contributed by atoms with van der Waals surface area (Å²) in [5, 5.41) is 4.94. The number of fused-ring (bicyclic) bond motifs is 1. The summed E-state index contributed by atoms with van der Waals surface area (Å²) in [7, 11) is 0. The molecule has 1 aromatic carbocycles. The second-order valence-corrected chi connectivity index (χ2v) is 6.06. The lowest BCUT2D eigenvalue weighted by atomic mass is 10.1. The van der Waals surface area contributed by atoms with Crippen molar-refractivity contribution in [1.29, 1.82) is 0 Å². The summed E-state index contributed by atoms with van der Waals surface area (Å²) in [6.45, 7) is 2.98.